The highest BCUT2D eigenvalue weighted by Crippen LogP contribution is 2.31. The van der Waals surface area contributed by atoms with E-state index in [2.05, 4.69) is 28.1 Å². The van der Waals surface area contributed by atoms with Crippen LogP contribution in [0, 0.1) is 0 Å². The standard InChI is InChI=1S/C14H19N5/c1-11-4-2-3-7-19(11)13-6-5-12(15)8-14(13)18-9-16-17-10-18/h5-6,8-11H,2-4,7,15H2,1H3/t11-/m0/s1. The molecule has 1 aromatic carbocycles. The van der Waals surface area contributed by atoms with E-state index in [1.54, 1.807) is 12.7 Å². The fourth-order valence-electron chi connectivity index (χ4n) is 2.77. The zero-order valence-electron chi connectivity index (χ0n) is 11.2. The largest absolute Gasteiger partial charge is 0.399 e. The van der Waals surface area contributed by atoms with Gasteiger partial charge in [0.2, 0.25) is 0 Å². The molecular weight excluding hydrogens is 238 g/mol. The number of nitrogens with zero attached hydrogens (tertiary/aromatic N) is 4. The number of hydrogen-bond acceptors (Lipinski definition) is 4. The van der Waals surface area contributed by atoms with Crippen molar-refractivity contribution in [2.24, 2.45) is 0 Å². The first kappa shape index (κ1) is 12.0. The number of rotatable bonds is 2. The third-order valence-corrected chi connectivity index (χ3v) is 3.81. The molecule has 100 valence electrons. The van der Waals surface area contributed by atoms with E-state index >= 15 is 0 Å². The van der Waals surface area contributed by atoms with Crippen molar-refractivity contribution in [2.75, 3.05) is 17.2 Å². The van der Waals surface area contributed by atoms with Gasteiger partial charge in [0, 0.05) is 18.3 Å². The van der Waals surface area contributed by atoms with Crippen molar-refractivity contribution in [2.45, 2.75) is 32.2 Å². The fourth-order valence-corrected chi connectivity index (χ4v) is 2.77. The number of nitrogen functional groups attached to an aromatic ring is 1. The molecule has 1 saturated heterocycles. The van der Waals surface area contributed by atoms with Crippen LogP contribution in [0.3, 0.4) is 0 Å². The van der Waals surface area contributed by atoms with E-state index in [4.69, 9.17) is 5.73 Å². The van der Waals surface area contributed by atoms with E-state index in [0.29, 0.717) is 6.04 Å². The van der Waals surface area contributed by atoms with Gasteiger partial charge in [-0.05, 0) is 44.4 Å². The molecule has 0 bridgehead atoms. The van der Waals surface area contributed by atoms with Crippen LogP contribution < -0.4 is 10.6 Å². The number of hydrogen-bond donors (Lipinski definition) is 1. The fraction of sp³-hybridized carbons (Fsp3) is 0.429. The van der Waals surface area contributed by atoms with Gasteiger partial charge in [-0.15, -0.1) is 10.2 Å². The molecule has 5 nitrogen and oxygen atoms in total. The van der Waals surface area contributed by atoms with Crippen molar-refractivity contribution >= 4 is 11.4 Å². The van der Waals surface area contributed by atoms with Crippen LogP contribution in [0.4, 0.5) is 11.4 Å². The maximum Gasteiger partial charge on any atom is 0.123 e. The normalized spacial score (nSPS) is 19.6. The van der Waals surface area contributed by atoms with E-state index in [-0.39, 0.29) is 0 Å². The molecule has 0 spiro atoms. The van der Waals surface area contributed by atoms with Gasteiger partial charge in [-0.1, -0.05) is 0 Å². The Balaban J connectivity index is 2.05. The Bertz CT molecular complexity index is 549. The molecule has 1 fully saturated rings. The third-order valence-electron chi connectivity index (χ3n) is 3.81. The maximum absolute atomic E-state index is 5.93. The van der Waals surface area contributed by atoms with E-state index in [0.717, 1.165) is 17.9 Å². The van der Waals surface area contributed by atoms with Crippen LogP contribution in [0.1, 0.15) is 26.2 Å². The van der Waals surface area contributed by atoms with E-state index < -0.39 is 0 Å². The smallest absolute Gasteiger partial charge is 0.123 e. The van der Waals surface area contributed by atoms with Gasteiger partial charge < -0.3 is 10.6 Å². The molecule has 0 amide bonds. The average molecular weight is 257 g/mol. The predicted molar refractivity (Wildman–Crippen MR) is 76.4 cm³/mol. The molecule has 3 rings (SSSR count). The lowest BCUT2D eigenvalue weighted by Crippen LogP contribution is -2.38. The molecule has 2 N–H and O–H groups in total. The minimum absolute atomic E-state index is 0.563. The molecule has 0 radical (unpaired) electrons. The Morgan fingerprint density at radius 2 is 1.95 bits per heavy atom. The molecule has 19 heavy (non-hydrogen) atoms. The number of benzene rings is 1. The summed E-state index contributed by atoms with van der Waals surface area (Å²) in [5.74, 6) is 0. The van der Waals surface area contributed by atoms with Crippen molar-refractivity contribution in [1.82, 2.24) is 14.8 Å². The molecule has 0 unspecified atom stereocenters. The first-order valence-electron chi connectivity index (χ1n) is 6.77. The summed E-state index contributed by atoms with van der Waals surface area (Å²) in [6.45, 7) is 3.38. The van der Waals surface area contributed by atoms with Crippen LogP contribution in [0.25, 0.3) is 5.69 Å². The summed E-state index contributed by atoms with van der Waals surface area (Å²) in [7, 11) is 0. The summed E-state index contributed by atoms with van der Waals surface area (Å²) in [6.07, 6.45) is 7.23. The Morgan fingerprint density at radius 3 is 2.68 bits per heavy atom. The summed E-state index contributed by atoms with van der Waals surface area (Å²) in [4.78, 5) is 2.46. The monoisotopic (exact) mass is 257 g/mol. The molecule has 1 atom stereocenters. The van der Waals surface area contributed by atoms with Gasteiger partial charge in [0.15, 0.2) is 0 Å². The van der Waals surface area contributed by atoms with E-state index in [1.807, 2.05) is 16.7 Å². The lowest BCUT2D eigenvalue weighted by atomic mass is 10.0. The zero-order valence-corrected chi connectivity index (χ0v) is 11.2. The second-order valence-electron chi connectivity index (χ2n) is 5.16. The molecule has 0 aliphatic carbocycles. The second kappa shape index (κ2) is 4.91. The minimum Gasteiger partial charge on any atom is -0.399 e. The highest BCUT2D eigenvalue weighted by Gasteiger charge is 2.21. The Morgan fingerprint density at radius 1 is 1.16 bits per heavy atom. The van der Waals surface area contributed by atoms with Gasteiger partial charge >= 0.3 is 0 Å². The lowest BCUT2D eigenvalue weighted by Gasteiger charge is -2.36. The van der Waals surface area contributed by atoms with E-state index in [1.165, 1.54) is 24.9 Å². The molecule has 1 aliphatic heterocycles. The predicted octanol–water partition coefficient (Wildman–Crippen LogP) is 2.23. The Kier molecular flexibility index (Phi) is 3.11. The minimum atomic E-state index is 0.563. The van der Waals surface area contributed by atoms with Gasteiger partial charge in [-0.2, -0.15) is 0 Å². The summed E-state index contributed by atoms with van der Waals surface area (Å²) >= 11 is 0. The van der Waals surface area contributed by atoms with Crippen molar-refractivity contribution in [1.29, 1.82) is 0 Å². The summed E-state index contributed by atoms with van der Waals surface area (Å²) < 4.78 is 1.92. The van der Waals surface area contributed by atoms with Crippen LogP contribution in [0.5, 0.6) is 0 Å². The average Bonchev–Trinajstić information content (AvgIpc) is 2.93. The molecular formula is C14H19N5. The lowest BCUT2D eigenvalue weighted by molar-refractivity contribution is 0.484. The van der Waals surface area contributed by atoms with Gasteiger partial charge in [-0.3, -0.25) is 4.57 Å². The Hall–Kier alpha value is -2.04. The first-order chi connectivity index (χ1) is 9.25. The molecule has 1 aliphatic rings. The highest BCUT2D eigenvalue weighted by atomic mass is 15.3. The van der Waals surface area contributed by atoms with E-state index in [9.17, 15) is 0 Å². The number of nitrogens with two attached hydrogens (primary N) is 1. The molecule has 2 heterocycles. The van der Waals surface area contributed by atoms with Crippen LogP contribution >= 0.6 is 0 Å². The number of anilines is 2. The third kappa shape index (κ3) is 2.28. The number of piperidine rings is 1. The van der Waals surface area contributed by atoms with Crippen molar-refractivity contribution < 1.29 is 0 Å². The van der Waals surface area contributed by atoms with Gasteiger partial charge in [0.25, 0.3) is 0 Å². The van der Waals surface area contributed by atoms with Gasteiger partial charge in [0.05, 0.1) is 11.4 Å². The SMILES string of the molecule is C[C@H]1CCCCN1c1ccc(N)cc1-n1cnnc1. The highest BCUT2D eigenvalue weighted by molar-refractivity contribution is 5.68. The summed E-state index contributed by atoms with van der Waals surface area (Å²) in [5, 5.41) is 7.77. The molecule has 2 aromatic rings. The zero-order chi connectivity index (χ0) is 13.2. The quantitative estimate of drug-likeness (QED) is 0.838. The van der Waals surface area contributed by atoms with Crippen molar-refractivity contribution in [3.63, 3.8) is 0 Å². The van der Waals surface area contributed by atoms with Crippen LogP contribution in [0.15, 0.2) is 30.9 Å². The van der Waals surface area contributed by atoms with Crippen molar-refractivity contribution in [3.05, 3.63) is 30.9 Å². The van der Waals surface area contributed by atoms with Gasteiger partial charge in [-0.25, -0.2) is 0 Å². The molecule has 5 heteroatoms. The molecule has 0 saturated carbocycles. The van der Waals surface area contributed by atoms with Gasteiger partial charge in [0.1, 0.15) is 12.7 Å². The topological polar surface area (TPSA) is 60.0 Å². The van der Waals surface area contributed by atoms with Crippen LogP contribution in [0.2, 0.25) is 0 Å². The van der Waals surface area contributed by atoms with Crippen LogP contribution in [-0.4, -0.2) is 27.4 Å². The maximum atomic E-state index is 5.93. The summed E-state index contributed by atoms with van der Waals surface area (Å²) in [5.41, 5.74) is 8.95. The van der Waals surface area contributed by atoms with Crippen molar-refractivity contribution in [3.8, 4) is 5.69 Å². The Labute approximate surface area is 113 Å². The number of aromatic nitrogens is 3. The summed E-state index contributed by atoms with van der Waals surface area (Å²) in [6, 6.07) is 6.62. The second-order valence-corrected chi connectivity index (χ2v) is 5.16. The van der Waals surface area contributed by atoms with Crippen LogP contribution in [-0.2, 0) is 0 Å². The first-order valence-corrected chi connectivity index (χ1v) is 6.77. The molecule has 1 aromatic heterocycles.